The highest BCUT2D eigenvalue weighted by atomic mass is 32.2. The van der Waals surface area contributed by atoms with Gasteiger partial charge in [-0.15, -0.1) is 0 Å². The third-order valence-corrected chi connectivity index (χ3v) is 4.48. The molecule has 0 fully saturated rings. The van der Waals surface area contributed by atoms with E-state index in [-0.39, 0.29) is 5.75 Å². The van der Waals surface area contributed by atoms with E-state index >= 15 is 0 Å². The molecule has 106 valence electrons. The van der Waals surface area contributed by atoms with Crippen LogP contribution in [0.1, 0.15) is 17.2 Å². The fourth-order valence-corrected chi connectivity index (χ4v) is 3.12. The molecule has 1 N–H and O–H groups in total. The van der Waals surface area contributed by atoms with Crippen molar-refractivity contribution in [3.05, 3.63) is 35.4 Å². The second-order valence-electron chi connectivity index (χ2n) is 5.35. The number of benzene rings is 1. The molecule has 5 heteroatoms. The first kappa shape index (κ1) is 14.5. The molecule has 1 aromatic carbocycles. The van der Waals surface area contributed by atoms with Crippen LogP contribution < -0.4 is 5.32 Å². The van der Waals surface area contributed by atoms with Crippen LogP contribution in [0.3, 0.4) is 0 Å². The Morgan fingerprint density at radius 2 is 2.11 bits per heavy atom. The van der Waals surface area contributed by atoms with Gasteiger partial charge >= 0.3 is 0 Å². The van der Waals surface area contributed by atoms with Gasteiger partial charge in [0.15, 0.2) is 0 Å². The van der Waals surface area contributed by atoms with Gasteiger partial charge in [0, 0.05) is 25.4 Å². The number of nitrogens with zero attached hydrogens (tertiary/aromatic N) is 1. The van der Waals surface area contributed by atoms with Crippen LogP contribution in [0.4, 0.5) is 0 Å². The molecule has 0 bridgehead atoms. The summed E-state index contributed by atoms with van der Waals surface area (Å²) >= 11 is 0. The lowest BCUT2D eigenvalue weighted by molar-refractivity contribution is 0.298. The maximum atomic E-state index is 11.2. The normalized spacial score (nSPS) is 19.4. The van der Waals surface area contributed by atoms with E-state index in [4.69, 9.17) is 0 Å². The van der Waals surface area contributed by atoms with Crippen LogP contribution in [0.5, 0.6) is 0 Å². The zero-order chi connectivity index (χ0) is 13.9. The second-order valence-corrected chi connectivity index (χ2v) is 7.61. The molecule has 0 saturated carbocycles. The largest absolute Gasteiger partial charge is 0.309 e. The fourth-order valence-electron chi connectivity index (χ4n) is 2.48. The minimum Gasteiger partial charge on any atom is -0.309 e. The van der Waals surface area contributed by atoms with Gasteiger partial charge < -0.3 is 10.2 Å². The van der Waals surface area contributed by atoms with Gasteiger partial charge in [-0.3, -0.25) is 0 Å². The minimum absolute atomic E-state index is 0.220. The van der Waals surface area contributed by atoms with Crippen LogP contribution in [0.2, 0.25) is 0 Å². The Balaban J connectivity index is 1.97. The Hall–Kier alpha value is -0.910. The topological polar surface area (TPSA) is 49.4 Å². The lowest BCUT2D eigenvalue weighted by Crippen LogP contribution is -2.38. The van der Waals surface area contributed by atoms with E-state index in [0.29, 0.717) is 12.6 Å². The molecule has 0 aromatic heterocycles. The number of sulfone groups is 1. The van der Waals surface area contributed by atoms with Crippen LogP contribution in [-0.4, -0.2) is 52.0 Å². The SMILES string of the molecule is CN(CCS(C)(=O)=O)CC1NCCc2ccccc21. The lowest BCUT2D eigenvalue weighted by Gasteiger charge is -2.30. The Morgan fingerprint density at radius 3 is 2.84 bits per heavy atom. The van der Waals surface area contributed by atoms with E-state index in [1.165, 1.54) is 17.4 Å². The van der Waals surface area contributed by atoms with E-state index < -0.39 is 9.84 Å². The molecule has 0 aliphatic carbocycles. The summed E-state index contributed by atoms with van der Waals surface area (Å²) in [4.78, 5) is 2.08. The van der Waals surface area contributed by atoms with Crippen molar-refractivity contribution in [2.24, 2.45) is 0 Å². The first-order valence-electron chi connectivity index (χ1n) is 6.63. The highest BCUT2D eigenvalue weighted by Crippen LogP contribution is 2.22. The monoisotopic (exact) mass is 282 g/mol. The number of fused-ring (bicyclic) bond motifs is 1. The molecule has 1 aliphatic rings. The maximum absolute atomic E-state index is 11.2. The Morgan fingerprint density at radius 1 is 1.37 bits per heavy atom. The van der Waals surface area contributed by atoms with E-state index in [0.717, 1.165) is 19.5 Å². The number of rotatable bonds is 5. The van der Waals surface area contributed by atoms with Crippen molar-refractivity contribution in [3.8, 4) is 0 Å². The zero-order valence-corrected chi connectivity index (χ0v) is 12.4. The maximum Gasteiger partial charge on any atom is 0.148 e. The summed E-state index contributed by atoms with van der Waals surface area (Å²) in [5.41, 5.74) is 2.75. The summed E-state index contributed by atoms with van der Waals surface area (Å²) in [6.45, 7) is 2.41. The van der Waals surface area contributed by atoms with Crippen molar-refractivity contribution >= 4 is 9.84 Å². The van der Waals surface area contributed by atoms with E-state index in [2.05, 4.69) is 34.5 Å². The number of hydrogen-bond donors (Lipinski definition) is 1. The van der Waals surface area contributed by atoms with Crippen molar-refractivity contribution < 1.29 is 8.42 Å². The third-order valence-electron chi connectivity index (χ3n) is 3.55. The molecule has 1 heterocycles. The van der Waals surface area contributed by atoms with Gasteiger partial charge in [-0.25, -0.2) is 8.42 Å². The van der Waals surface area contributed by atoms with Crippen LogP contribution >= 0.6 is 0 Å². The second kappa shape index (κ2) is 6.03. The van der Waals surface area contributed by atoms with E-state index in [1.807, 2.05) is 7.05 Å². The lowest BCUT2D eigenvalue weighted by atomic mass is 9.94. The zero-order valence-electron chi connectivity index (χ0n) is 11.6. The van der Waals surface area contributed by atoms with Crippen molar-refractivity contribution in [1.29, 1.82) is 0 Å². The molecule has 1 unspecified atom stereocenters. The van der Waals surface area contributed by atoms with Gasteiger partial charge in [0.25, 0.3) is 0 Å². The first-order chi connectivity index (χ1) is 8.96. The molecule has 0 radical (unpaired) electrons. The molecule has 2 rings (SSSR count). The summed E-state index contributed by atoms with van der Waals surface area (Å²) in [5.74, 6) is 0.220. The molecule has 0 saturated heterocycles. The molecule has 0 amide bonds. The van der Waals surface area contributed by atoms with Gasteiger partial charge in [0.05, 0.1) is 5.75 Å². The van der Waals surface area contributed by atoms with Crippen LogP contribution in [-0.2, 0) is 16.3 Å². The molecular formula is C14H22N2O2S. The van der Waals surface area contributed by atoms with Gasteiger partial charge in [-0.1, -0.05) is 24.3 Å². The molecule has 4 nitrogen and oxygen atoms in total. The number of nitrogens with one attached hydrogen (secondary N) is 1. The molecule has 1 aromatic rings. The van der Waals surface area contributed by atoms with Crippen LogP contribution in [0.25, 0.3) is 0 Å². The predicted molar refractivity (Wildman–Crippen MR) is 78.1 cm³/mol. The smallest absolute Gasteiger partial charge is 0.148 e. The summed E-state index contributed by atoms with van der Waals surface area (Å²) in [5, 5.41) is 3.51. The standard InChI is InChI=1S/C14H22N2O2S/c1-16(9-10-19(2,17)18)11-14-13-6-4-3-5-12(13)7-8-15-14/h3-6,14-15H,7-11H2,1-2H3. The highest BCUT2D eigenvalue weighted by Gasteiger charge is 2.20. The summed E-state index contributed by atoms with van der Waals surface area (Å²) in [6, 6.07) is 8.79. The molecule has 0 spiro atoms. The number of likely N-dealkylation sites (N-methyl/N-ethyl adjacent to an activating group) is 1. The third kappa shape index (κ3) is 4.30. The number of hydrogen-bond acceptors (Lipinski definition) is 4. The first-order valence-corrected chi connectivity index (χ1v) is 8.69. The van der Waals surface area contributed by atoms with Crippen LogP contribution in [0.15, 0.2) is 24.3 Å². The van der Waals surface area contributed by atoms with Gasteiger partial charge in [-0.05, 0) is 31.1 Å². The van der Waals surface area contributed by atoms with Gasteiger partial charge in [-0.2, -0.15) is 0 Å². The average Bonchev–Trinajstić information content (AvgIpc) is 2.36. The molecule has 1 atom stereocenters. The van der Waals surface area contributed by atoms with Crippen molar-refractivity contribution in [3.63, 3.8) is 0 Å². The van der Waals surface area contributed by atoms with Gasteiger partial charge in [0.1, 0.15) is 9.84 Å². The molecule has 1 aliphatic heterocycles. The quantitative estimate of drug-likeness (QED) is 0.870. The summed E-state index contributed by atoms with van der Waals surface area (Å²) in [7, 11) is -0.906. The molecule has 19 heavy (non-hydrogen) atoms. The predicted octanol–water partition coefficient (Wildman–Crippen LogP) is 0.850. The minimum atomic E-state index is -2.88. The van der Waals surface area contributed by atoms with Crippen LogP contribution in [0, 0.1) is 0 Å². The van der Waals surface area contributed by atoms with E-state index in [9.17, 15) is 8.42 Å². The summed E-state index contributed by atoms with van der Waals surface area (Å²) < 4.78 is 22.4. The fraction of sp³-hybridized carbons (Fsp3) is 0.571. The Kier molecular flexibility index (Phi) is 4.60. The Labute approximate surface area is 115 Å². The van der Waals surface area contributed by atoms with Gasteiger partial charge in [0.2, 0.25) is 0 Å². The van der Waals surface area contributed by atoms with Crippen molar-refractivity contribution in [1.82, 2.24) is 10.2 Å². The van der Waals surface area contributed by atoms with E-state index in [1.54, 1.807) is 0 Å². The highest BCUT2D eigenvalue weighted by molar-refractivity contribution is 7.90. The van der Waals surface area contributed by atoms with Crippen molar-refractivity contribution in [2.45, 2.75) is 12.5 Å². The Bertz CT molecular complexity index is 528. The van der Waals surface area contributed by atoms with Crippen molar-refractivity contribution in [2.75, 3.05) is 38.7 Å². The summed E-state index contributed by atoms with van der Waals surface area (Å²) in [6.07, 6.45) is 2.36. The molecular weight excluding hydrogens is 260 g/mol. The average molecular weight is 282 g/mol.